The molecule has 1 fully saturated rings. The summed E-state index contributed by atoms with van der Waals surface area (Å²) in [5.74, 6) is -0.381. The summed E-state index contributed by atoms with van der Waals surface area (Å²) in [6, 6.07) is 3.96. The van der Waals surface area contributed by atoms with E-state index in [0.29, 0.717) is 12.0 Å². The molecule has 1 aliphatic rings. The van der Waals surface area contributed by atoms with E-state index in [4.69, 9.17) is 0 Å². The quantitative estimate of drug-likeness (QED) is 0.804. The topological polar surface area (TPSA) is 40.5 Å². The number of carbonyl (C=O) groups is 1. The van der Waals surface area contributed by atoms with Crippen molar-refractivity contribution in [3.05, 3.63) is 29.6 Å². The minimum atomic E-state index is -0.497. The third-order valence-corrected chi connectivity index (χ3v) is 3.27. The van der Waals surface area contributed by atoms with E-state index in [1.807, 2.05) is 0 Å². The van der Waals surface area contributed by atoms with Gasteiger partial charge in [0.2, 0.25) is 0 Å². The molecule has 1 aromatic carbocycles. The molecule has 0 unspecified atom stereocenters. The summed E-state index contributed by atoms with van der Waals surface area (Å²) in [7, 11) is 0. The van der Waals surface area contributed by atoms with E-state index in [2.05, 4.69) is 18.7 Å². The summed E-state index contributed by atoms with van der Waals surface area (Å²) < 4.78 is 13.1. The molecule has 104 valence electrons. The second-order valence-electron chi connectivity index (χ2n) is 5.64. The number of carbonyl (C=O) groups excluding carboxylic acids is 1. The van der Waals surface area contributed by atoms with Gasteiger partial charge in [0.1, 0.15) is 11.6 Å². The molecule has 4 heteroatoms. The smallest absolute Gasteiger partial charge is 0.180 e. The SMILES string of the molecule is CC(C)CN(CC(=O)c1cc(F)ccc1O)C1CC1. The van der Waals surface area contributed by atoms with Crippen LogP contribution >= 0.6 is 0 Å². The third-order valence-electron chi connectivity index (χ3n) is 3.27. The van der Waals surface area contributed by atoms with Gasteiger partial charge in [0, 0.05) is 12.6 Å². The van der Waals surface area contributed by atoms with Crippen LogP contribution in [0.3, 0.4) is 0 Å². The zero-order chi connectivity index (χ0) is 14.0. The summed E-state index contributed by atoms with van der Waals surface area (Å²) in [4.78, 5) is 14.3. The summed E-state index contributed by atoms with van der Waals surface area (Å²) in [6.45, 7) is 5.32. The van der Waals surface area contributed by atoms with Gasteiger partial charge in [0.25, 0.3) is 0 Å². The number of ketones is 1. The zero-order valence-corrected chi connectivity index (χ0v) is 11.4. The molecule has 0 spiro atoms. The number of hydrogen-bond acceptors (Lipinski definition) is 3. The Morgan fingerprint density at radius 3 is 2.74 bits per heavy atom. The Morgan fingerprint density at radius 2 is 2.16 bits per heavy atom. The molecule has 1 aliphatic carbocycles. The monoisotopic (exact) mass is 265 g/mol. The molecule has 19 heavy (non-hydrogen) atoms. The molecule has 0 radical (unpaired) electrons. The van der Waals surface area contributed by atoms with Gasteiger partial charge in [-0.3, -0.25) is 9.69 Å². The van der Waals surface area contributed by atoms with Crippen molar-refractivity contribution >= 4 is 5.78 Å². The van der Waals surface area contributed by atoms with Gasteiger partial charge >= 0.3 is 0 Å². The van der Waals surface area contributed by atoms with E-state index >= 15 is 0 Å². The fourth-order valence-corrected chi connectivity index (χ4v) is 2.25. The van der Waals surface area contributed by atoms with Gasteiger partial charge < -0.3 is 5.11 Å². The summed E-state index contributed by atoms with van der Waals surface area (Å²) >= 11 is 0. The highest BCUT2D eigenvalue weighted by molar-refractivity contribution is 6.00. The molecule has 1 aromatic rings. The Balaban J connectivity index is 2.08. The van der Waals surface area contributed by atoms with Crippen LogP contribution in [0.25, 0.3) is 0 Å². The van der Waals surface area contributed by atoms with E-state index in [0.717, 1.165) is 31.5 Å². The van der Waals surface area contributed by atoms with Crippen molar-refractivity contribution in [2.75, 3.05) is 13.1 Å². The van der Waals surface area contributed by atoms with E-state index in [1.54, 1.807) is 0 Å². The maximum Gasteiger partial charge on any atom is 0.180 e. The number of hydrogen-bond donors (Lipinski definition) is 1. The third kappa shape index (κ3) is 3.77. The Bertz CT molecular complexity index is 469. The molecule has 0 amide bonds. The zero-order valence-electron chi connectivity index (χ0n) is 11.4. The number of nitrogens with zero attached hydrogens (tertiary/aromatic N) is 1. The average molecular weight is 265 g/mol. The Kier molecular flexibility index (Phi) is 4.20. The average Bonchev–Trinajstić information content (AvgIpc) is 3.14. The number of aromatic hydroxyl groups is 1. The fraction of sp³-hybridized carbons (Fsp3) is 0.533. The van der Waals surface area contributed by atoms with Crippen molar-refractivity contribution < 1.29 is 14.3 Å². The molecule has 0 heterocycles. The second kappa shape index (κ2) is 5.70. The van der Waals surface area contributed by atoms with Crippen molar-refractivity contribution in [3.8, 4) is 5.75 Å². The van der Waals surface area contributed by atoms with Crippen LogP contribution < -0.4 is 0 Å². The predicted octanol–water partition coefficient (Wildman–Crippen LogP) is 2.83. The molecular weight excluding hydrogens is 245 g/mol. The van der Waals surface area contributed by atoms with Crippen LogP contribution in [0, 0.1) is 11.7 Å². The van der Waals surface area contributed by atoms with Crippen LogP contribution in [0.4, 0.5) is 4.39 Å². The van der Waals surface area contributed by atoms with E-state index in [1.165, 1.54) is 6.07 Å². The minimum absolute atomic E-state index is 0.0782. The highest BCUT2D eigenvalue weighted by Gasteiger charge is 2.31. The van der Waals surface area contributed by atoms with Crippen molar-refractivity contribution in [2.45, 2.75) is 32.7 Å². The van der Waals surface area contributed by atoms with Crippen LogP contribution in [-0.4, -0.2) is 34.9 Å². The Morgan fingerprint density at radius 1 is 1.47 bits per heavy atom. The first-order valence-corrected chi connectivity index (χ1v) is 6.73. The number of Topliss-reactive ketones (excluding diaryl/α,β-unsaturated/α-hetero) is 1. The summed E-state index contributed by atoms with van der Waals surface area (Å²) in [6.07, 6.45) is 2.24. The first kappa shape index (κ1) is 14.0. The van der Waals surface area contributed by atoms with E-state index < -0.39 is 5.82 Å². The highest BCUT2D eigenvalue weighted by Crippen LogP contribution is 2.28. The first-order valence-electron chi connectivity index (χ1n) is 6.73. The van der Waals surface area contributed by atoms with Gasteiger partial charge in [-0.2, -0.15) is 0 Å². The van der Waals surface area contributed by atoms with Gasteiger partial charge in [0.15, 0.2) is 5.78 Å². The van der Waals surface area contributed by atoms with Crippen molar-refractivity contribution in [3.63, 3.8) is 0 Å². The minimum Gasteiger partial charge on any atom is -0.507 e. The van der Waals surface area contributed by atoms with Crippen LogP contribution in [0.2, 0.25) is 0 Å². The molecule has 0 bridgehead atoms. The number of rotatable bonds is 6. The normalized spacial score (nSPS) is 15.2. The molecule has 3 nitrogen and oxygen atoms in total. The van der Waals surface area contributed by atoms with Crippen molar-refractivity contribution in [1.29, 1.82) is 0 Å². The molecule has 1 saturated carbocycles. The lowest BCUT2D eigenvalue weighted by atomic mass is 10.1. The second-order valence-corrected chi connectivity index (χ2v) is 5.64. The standard InChI is InChI=1S/C15H20FNO2/c1-10(2)8-17(12-4-5-12)9-15(19)13-7-11(16)3-6-14(13)18/h3,6-7,10,12,18H,4-5,8-9H2,1-2H3. The lowest BCUT2D eigenvalue weighted by Crippen LogP contribution is -2.35. The number of halogens is 1. The molecule has 0 atom stereocenters. The molecule has 0 saturated heterocycles. The van der Waals surface area contributed by atoms with Gasteiger partial charge in [-0.25, -0.2) is 4.39 Å². The van der Waals surface area contributed by atoms with Crippen LogP contribution in [-0.2, 0) is 0 Å². The van der Waals surface area contributed by atoms with Gasteiger partial charge in [-0.05, 0) is 37.0 Å². The van der Waals surface area contributed by atoms with Gasteiger partial charge in [-0.15, -0.1) is 0 Å². The van der Waals surface area contributed by atoms with Gasteiger partial charge in [0.05, 0.1) is 12.1 Å². The molecule has 2 rings (SSSR count). The first-order chi connectivity index (χ1) is 8.97. The summed E-state index contributed by atoms with van der Waals surface area (Å²) in [5, 5.41) is 9.65. The summed E-state index contributed by atoms with van der Waals surface area (Å²) in [5.41, 5.74) is 0.0782. The molecule has 0 aliphatic heterocycles. The molecular formula is C15H20FNO2. The van der Waals surface area contributed by atoms with Crippen molar-refractivity contribution in [2.24, 2.45) is 5.92 Å². The van der Waals surface area contributed by atoms with Crippen LogP contribution in [0.15, 0.2) is 18.2 Å². The number of phenols is 1. The van der Waals surface area contributed by atoms with E-state index in [9.17, 15) is 14.3 Å². The highest BCUT2D eigenvalue weighted by atomic mass is 19.1. The lowest BCUT2D eigenvalue weighted by Gasteiger charge is -2.23. The fourth-order valence-electron chi connectivity index (χ4n) is 2.25. The number of phenolic OH excluding ortho intramolecular Hbond substituents is 1. The van der Waals surface area contributed by atoms with Crippen molar-refractivity contribution in [1.82, 2.24) is 4.90 Å². The lowest BCUT2D eigenvalue weighted by molar-refractivity contribution is 0.0912. The maximum absolute atomic E-state index is 13.1. The van der Waals surface area contributed by atoms with Crippen LogP contribution in [0.1, 0.15) is 37.0 Å². The Labute approximate surface area is 113 Å². The maximum atomic E-state index is 13.1. The Hall–Kier alpha value is -1.42. The van der Waals surface area contributed by atoms with Gasteiger partial charge in [-0.1, -0.05) is 13.8 Å². The molecule has 0 aromatic heterocycles. The number of benzene rings is 1. The van der Waals surface area contributed by atoms with E-state index in [-0.39, 0.29) is 23.6 Å². The largest absolute Gasteiger partial charge is 0.507 e. The van der Waals surface area contributed by atoms with Crippen LogP contribution in [0.5, 0.6) is 5.75 Å². The predicted molar refractivity (Wildman–Crippen MR) is 71.8 cm³/mol. The molecule has 1 N–H and O–H groups in total.